The van der Waals surface area contributed by atoms with E-state index in [2.05, 4.69) is 27.5 Å². The van der Waals surface area contributed by atoms with Gasteiger partial charge in [0.1, 0.15) is 0 Å². The zero-order valence-electron chi connectivity index (χ0n) is 18.7. The Morgan fingerprint density at radius 2 is 1.87 bits per heavy atom. The Morgan fingerprint density at radius 3 is 2.52 bits per heavy atom. The van der Waals surface area contributed by atoms with Crippen molar-refractivity contribution < 1.29 is 23.8 Å². The monoisotopic (exact) mass is 432 g/mol. The molecule has 1 atom stereocenters. The summed E-state index contributed by atoms with van der Waals surface area (Å²) in [6.07, 6.45) is 0. The smallest absolute Gasteiger partial charge is 0.338 e. The molecule has 31 heavy (non-hydrogen) atoms. The van der Waals surface area contributed by atoms with Crippen molar-refractivity contribution in [2.24, 2.45) is 0 Å². The third-order valence-electron chi connectivity index (χ3n) is 5.45. The summed E-state index contributed by atoms with van der Waals surface area (Å²) in [5.41, 5.74) is 1.70. The van der Waals surface area contributed by atoms with E-state index in [4.69, 9.17) is 14.2 Å². The summed E-state index contributed by atoms with van der Waals surface area (Å²) in [5.74, 6) is 0.696. The molecule has 2 aliphatic rings. The number of urea groups is 1. The molecule has 2 N–H and O–H groups in total. The average Bonchev–Trinajstić information content (AvgIpc) is 2.75. The van der Waals surface area contributed by atoms with Crippen LogP contribution in [-0.4, -0.2) is 81.9 Å². The molecule has 0 bridgehead atoms. The maximum Gasteiger partial charge on any atom is 0.338 e. The van der Waals surface area contributed by atoms with Crippen LogP contribution in [0.25, 0.3) is 0 Å². The highest BCUT2D eigenvalue weighted by Crippen LogP contribution is 2.34. The van der Waals surface area contributed by atoms with E-state index < -0.39 is 12.0 Å². The number of esters is 1. The first-order chi connectivity index (χ1) is 15.0. The van der Waals surface area contributed by atoms with Crippen LogP contribution < -0.4 is 20.1 Å². The summed E-state index contributed by atoms with van der Waals surface area (Å²) >= 11 is 0. The predicted molar refractivity (Wildman–Crippen MR) is 116 cm³/mol. The van der Waals surface area contributed by atoms with Crippen molar-refractivity contribution in [2.45, 2.75) is 19.9 Å². The maximum atomic E-state index is 13.0. The molecule has 9 nitrogen and oxygen atoms in total. The topological polar surface area (TPSA) is 92.4 Å². The van der Waals surface area contributed by atoms with Gasteiger partial charge in [0.05, 0.1) is 31.9 Å². The third-order valence-corrected chi connectivity index (χ3v) is 5.45. The van der Waals surface area contributed by atoms with Gasteiger partial charge in [-0.3, -0.25) is 4.90 Å². The van der Waals surface area contributed by atoms with Gasteiger partial charge in [-0.25, -0.2) is 9.59 Å². The van der Waals surface area contributed by atoms with Crippen LogP contribution in [0.1, 0.15) is 25.5 Å². The zero-order valence-corrected chi connectivity index (χ0v) is 18.7. The number of hydrogen-bond donors (Lipinski definition) is 2. The standard InChI is InChI=1S/C22H32N4O5/c1-5-30-17-8-7-15(13-18(17)29-4)20-19(21(27)31-6-2)16(23-22(28)24-20)14-26-11-9-25(3)10-12-26/h7-8,13,20H,5-6,9-12,14H2,1-4H3,(H2,23,24,28). The van der Waals surface area contributed by atoms with Crippen LogP contribution in [0.5, 0.6) is 11.5 Å². The van der Waals surface area contributed by atoms with E-state index >= 15 is 0 Å². The minimum absolute atomic E-state index is 0.247. The molecule has 9 heteroatoms. The van der Waals surface area contributed by atoms with Gasteiger partial charge in [0.2, 0.25) is 0 Å². The molecule has 0 aromatic heterocycles. The van der Waals surface area contributed by atoms with Gasteiger partial charge in [0.15, 0.2) is 11.5 Å². The predicted octanol–water partition coefficient (Wildman–Crippen LogP) is 1.51. The summed E-state index contributed by atoms with van der Waals surface area (Å²) in [7, 11) is 3.64. The Labute approximate surface area is 183 Å². The van der Waals surface area contributed by atoms with Crippen LogP contribution in [0.3, 0.4) is 0 Å². The summed E-state index contributed by atoms with van der Waals surface area (Å²) < 4.78 is 16.4. The number of methoxy groups -OCH3 is 1. The Morgan fingerprint density at radius 1 is 1.13 bits per heavy atom. The van der Waals surface area contributed by atoms with Gasteiger partial charge in [0.25, 0.3) is 0 Å². The van der Waals surface area contributed by atoms with Gasteiger partial charge in [-0.1, -0.05) is 6.07 Å². The van der Waals surface area contributed by atoms with Crippen LogP contribution >= 0.6 is 0 Å². The maximum absolute atomic E-state index is 13.0. The number of hydrogen-bond acceptors (Lipinski definition) is 7. The van der Waals surface area contributed by atoms with Crippen molar-refractivity contribution in [3.8, 4) is 11.5 Å². The van der Waals surface area contributed by atoms with Crippen molar-refractivity contribution >= 4 is 12.0 Å². The minimum Gasteiger partial charge on any atom is -0.493 e. The molecule has 2 heterocycles. The Balaban J connectivity index is 1.98. The number of amides is 2. The second-order valence-corrected chi connectivity index (χ2v) is 7.57. The van der Waals surface area contributed by atoms with Gasteiger partial charge < -0.3 is 29.7 Å². The number of nitrogens with zero attached hydrogens (tertiary/aromatic N) is 2. The molecule has 1 unspecified atom stereocenters. The SMILES string of the molecule is CCOC(=O)C1=C(CN2CCN(C)CC2)NC(=O)NC1c1ccc(OCC)c(OC)c1. The lowest BCUT2D eigenvalue weighted by Gasteiger charge is -2.35. The first kappa shape index (κ1) is 22.9. The molecule has 0 spiro atoms. The molecule has 0 radical (unpaired) electrons. The quantitative estimate of drug-likeness (QED) is 0.602. The molecular weight excluding hydrogens is 400 g/mol. The number of rotatable bonds is 8. The fourth-order valence-corrected chi connectivity index (χ4v) is 3.81. The Kier molecular flexibility index (Phi) is 7.75. The van der Waals surface area contributed by atoms with Gasteiger partial charge in [-0.2, -0.15) is 0 Å². The third kappa shape index (κ3) is 5.48. The number of ether oxygens (including phenoxy) is 3. The lowest BCUT2D eigenvalue weighted by molar-refractivity contribution is -0.139. The van der Waals surface area contributed by atoms with Crippen LogP contribution in [0.2, 0.25) is 0 Å². The lowest BCUT2D eigenvalue weighted by Crippen LogP contribution is -2.51. The lowest BCUT2D eigenvalue weighted by atomic mass is 9.94. The fraction of sp³-hybridized carbons (Fsp3) is 0.545. The molecule has 170 valence electrons. The van der Waals surface area contributed by atoms with Crippen LogP contribution in [0.15, 0.2) is 29.5 Å². The van der Waals surface area contributed by atoms with Gasteiger partial charge >= 0.3 is 12.0 Å². The minimum atomic E-state index is -0.653. The van der Waals surface area contributed by atoms with Crippen molar-refractivity contribution in [1.29, 1.82) is 0 Å². The molecule has 2 aliphatic heterocycles. The van der Waals surface area contributed by atoms with Crippen molar-refractivity contribution in [2.75, 3.05) is 60.1 Å². The van der Waals surface area contributed by atoms with Gasteiger partial charge in [-0.15, -0.1) is 0 Å². The highest BCUT2D eigenvalue weighted by Gasteiger charge is 2.35. The van der Waals surface area contributed by atoms with Crippen molar-refractivity contribution in [3.63, 3.8) is 0 Å². The number of carbonyl (C=O) groups is 2. The van der Waals surface area contributed by atoms with E-state index in [1.165, 1.54) is 0 Å². The van der Waals surface area contributed by atoms with Crippen molar-refractivity contribution in [1.82, 2.24) is 20.4 Å². The molecule has 1 aromatic carbocycles. The van der Waals surface area contributed by atoms with E-state index in [-0.39, 0.29) is 12.6 Å². The van der Waals surface area contributed by atoms with E-state index in [9.17, 15) is 9.59 Å². The second-order valence-electron chi connectivity index (χ2n) is 7.57. The van der Waals surface area contributed by atoms with Crippen LogP contribution in [0, 0.1) is 0 Å². The number of piperazine rings is 1. The average molecular weight is 433 g/mol. The Hall–Kier alpha value is -2.78. The van der Waals surface area contributed by atoms with Gasteiger partial charge in [-0.05, 0) is 38.6 Å². The van der Waals surface area contributed by atoms with Crippen molar-refractivity contribution in [3.05, 3.63) is 35.0 Å². The van der Waals surface area contributed by atoms with E-state index in [0.29, 0.717) is 41.5 Å². The highest BCUT2D eigenvalue weighted by molar-refractivity contribution is 5.95. The Bertz CT molecular complexity index is 833. The van der Waals surface area contributed by atoms with Crippen LogP contribution in [-0.2, 0) is 9.53 Å². The normalized spacial score (nSPS) is 20.1. The first-order valence-electron chi connectivity index (χ1n) is 10.7. The molecule has 0 aliphatic carbocycles. The summed E-state index contributed by atoms with van der Waals surface area (Å²) in [4.78, 5) is 30.0. The number of likely N-dealkylation sites (N-methyl/N-ethyl adjacent to an activating group) is 1. The van der Waals surface area contributed by atoms with E-state index in [0.717, 1.165) is 26.2 Å². The molecule has 1 saturated heterocycles. The molecule has 2 amide bonds. The second kappa shape index (κ2) is 10.5. The van der Waals surface area contributed by atoms with Gasteiger partial charge in [0, 0.05) is 38.4 Å². The number of nitrogens with one attached hydrogen (secondary N) is 2. The number of benzene rings is 1. The van der Waals surface area contributed by atoms with Crippen LogP contribution in [0.4, 0.5) is 4.79 Å². The highest BCUT2D eigenvalue weighted by atomic mass is 16.5. The van der Waals surface area contributed by atoms with E-state index in [1.807, 2.05) is 13.0 Å². The molecular formula is C22H32N4O5. The summed E-state index contributed by atoms with van der Waals surface area (Å²) in [6, 6.07) is 4.40. The molecule has 1 fully saturated rings. The molecule has 0 saturated carbocycles. The zero-order chi connectivity index (χ0) is 22.4. The molecule has 1 aromatic rings. The summed E-state index contributed by atoms with van der Waals surface area (Å²) in [6.45, 7) is 8.48. The van der Waals surface area contributed by atoms with E-state index in [1.54, 1.807) is 26.2 Å². The largest absolute Gasteiger partial charge is 0.493 e. The number of carbonyl (C=O) groups excluding carboxylic acids is 2. The first-order valence-corrected chi connectivity index (χ1v) is 10.7. The fourth-order valence-electron chi connectivity index (χ4n) is 3.81. The molecule has 3 rings (SSSR count). The summed E-state index contributed by atoms with van der Waals surface area (Å²) in [5, 5.41) is 5.71.